The van der Waals surface area contributed by atoms with Gasteiger partial charge in [-0.15, -0.1) is 0 Å². The van der Waals surface area contributed by atoms with Crippen LogP contribution in [0.5, 0.6) is 0 Å². The molecule has 1 rings (SSSR count). The lowest BCUT2D eigenvalue weighted by atomic mass is 10.3. The lowest BCUT2D eigenvalue weighted by molar-refractivity contribution is -0.141. The summed E-state index contributed by atoms with van der Waals surface area (Å²) in [6.45, 7) is 2.73. The van der Waals surface area contributed by atoms with Gasteiger partial charge in [0.25, 0.3) is 0 Å². The number of rotatable bonds is 6. The van der Waals surface area contributed by atoms with Crippen LogP contribution in [0.15, 0.2) is 18.3 Å². The van der Waals surface area contributed by atoms with Gasteiger partial charge >= 0.3 is 6.18 Å². The topological polar surface area (TPSA) is 71.1 Å². The number of halogens is 3. The molecule has 0 saturated heterocycles. The molecule has 0 bridgehead atoms. The van der Waals surface area contributed by atoms with Crippen LogP contribution in [0.2, 0.25) is 0 Å². The van der Waals surface area contributed by atoms with Gasteiger partial charge < -0.3 is 5.32 Å². The third kappa shape index (κ3) is 5.43. The maximum Gasteiger partial charge on any atom is 0.433 e. The molecule has 0 aromatic carbocycles. The molecule has 1 heterocycles. The Morgan fingerprint density at radius 2 is 2.00 bits per heavy atom. The Labute approximate surface area is 109 Å². The minimum atomic E-state index is -4.54. The Bertz CT molecular complexity index is 500. The summed E-state index contributed by atoms with van der Waals surface area (Å²) in [4.78, 5) is 3.16. The minimum Gasteiger partial charge on any atom is -0.316 e. The molecule has 0 radical (unpaired) electrons. The van der Waals surface area contributed by atoms with Crippen LogP contribution < -0.4 is 10.0 Å². The summed E-state index contributed by atoms with van der Waals surface area (Å²) in [6, 6.07) is 1.75. The highest BCUT2D eigenvalue weighted by molar-refractivity contribution is 7.92. The summed E-state index contributed by atoms with van der Waals surface area (Å²) in [7, 11) is -3.59. The molecule has 0 amide bonds. The van der Waals surface area contributed by atoms with Crippen LogP contribution in [0.4, 0.5) is 18.9 Å². The van der Waals surface area contributed by atoms with E-state index in [4.69, 9.17) is 0 Å². The van der Waals surface area contributed by atoms with E-state index in [9.17, 15) is 21.6 Å². The number of hydrogen-bond acceptors (Lipinski definition) is 4. The van der Waals surface area contributed by atoms with Gasteiger partial charge in [-0.3, -0.25) is 4.72 Å². The molecule has 0 aliphatic carbocycles. The van der Waals surface area contributed by atoms with Crippen LogP contribution in [-0.4, -0.2) is 32.2 Å². The Balaban J connectivity index is 2.67. The number of pyridine rings is 1. The first-order valence-corrected chi connectivity index (χ1v) is 7.14. The third-order valence-corrected chi connectivity index (χ3v) is 3.41. The van der Waals surface area contributed by atoms with Gasteiger partial charge in [0, 0.05) is 6.54 Å². The van der Waals surface area contributed by atoms with Crippen molar-refractivity contribution in [1.29, 1.82) is 0 Å². The van der Waals surface area contributed by atoms with Crippen molar-refractivity contribution in [3.8, 4) is 0 Å². The summed E-state index contributed by atoms with van der Waals surface area (Å²) in [5.41, 5.74) is -1.06. The van der Waals surface area contributed by atoms with Crippen LogP contribution in [0.25, 0.3) is 0 Å². The Kier molecular flexibility index (Phi) is 5.12. The zero-order chi connectivity index (χ0) is 14.5. The number of nitrogens with zero attached hydrogens (tertiary/aromatic N) is 1. The van der Waals surface area contributed by atoms with Crippen LogP contribution in [0.3, 0.4) is 0 Å². The van der Waals surface area contributed by atoms with E-state index >= 15 is 0 Å². The van der Waals surface area contributed by atoms with E-state index in [1.807, 2.05) is 6.92 Å². The highest BCUT2D eigenvalue weighted by Crippen LogP contribution is 2.27. The molecule has 0 spiro atoms. The minimum absolute atomic E-state index is 0.00417. The zero-order valence-electron chi connectivity index (χ0n) is 10.2. The maximum absolute atomic E-state index is 12.3. The van der Waals surface area contributed by atoms with Gasteiger partial charge in [-0.2, -0.15) is 13.2 Å². The number of anilines is 1. The van der Waals surface area contributed by atoms with Gasteiger partial charge in [-0.1, -0.05) is 6.92 Å². The van der Waals surface area contributed by atoms with Gasteiger partial charge in [0.2, 0.25) is 10.0 Å². The maximum atomic E-state index is 12.3. The predicted octanol–water partition coefficient (Wildman–Crippen LogP) is 1.45. The molecule has 1 aromatic heterocycles. The fourth-order valence-electron chi connectivity index (χ4n) is 1.24. The summed E-state index contributed by atoms with van der Waals surface area (Å²) < 4.78 is 62.0. The van der Waals surface area contributed by atoms with Crippen molar-refractivity contribution in [2.75, 3.05) is 23.6 Å². The number of nitrogens with one attached hydrogen (secondary N) is 2. The second kappa shape index (κ2) is 6.20. The smallest absolute Gasteiger partial charge is 0.316 e. The lowest BCUT2D eigenvalue weighted by Gasteiger charge is -2.09. The predicted molar refractivity (Wildman–Crippen MR) is 65.2 cm³/mol. The number of aromatic nitrogens is 1. The van der Waals surface area contributed by atoms with Crippen molar-refractivity contribution in [3.63, 3.8) is 0 Å². The molecular formula is C10H14F3N3O2S. The molecule has 0 unspecified atom stereocenters. The molecule has 0 atom stereocenters. The Morgan fingerprint density at radius 3 is 2.47 bits per heavy atom. The van der Waals surface area contributed by atoms with E-state index in [0.29, 0.717) is 6.54 Å². The van der Waals surface area contributed by atoms with Crippen molar-refractivity contribution in [2.24, 2.45) is 0 Å². The van der Waals surface area contributed by atoms with Crippen molar-refractivity contribution in [2.45, 2.75) is 13.1 Å². The molecule has 19 heavy (non-hydrogen) atoms. The molecule has 2 N–H and O–H groups in total. The molecule has 0 fully saturated rings. The van der Waals surface area contributed by atoms with E-state index in [1.165, 1.54) is 0 Å². The van der Waals surface area contributed by atoms with Crippen molar-refractivity contribution in [1.82, 2.24) is 10.3 Å². The van der Waals surface area contributed by atoms with Crippen molar-refractivity contribution < 1.29 is 21.6 Å². The third-order valence-electron chi connectivity index (χ3n) is 2.12. The molecular weight excluding hydrogens is 283 g/mol. The van der Waals surface area contributed by atoms with Crippen LogP contribution in [0.1, 0.15) is 12.6 Å². The quantitative estimate of drug-likeness (QED) is 0.780. The Hall–Kier alpha value is -1.35. The molecule has 0 saturated carbocycles. The summed E-state index contributed by atoms with van der Waals surface area (Å²) in [5.74, 6) is -0.165. The van der Waals surface area contributed by atoms with Gasteiger partial charge in [0.1, 0.15) is 5.69 Å². The van der Waals surface area contributed by atoms with Crippen LogP contribution in [-0.2, 0) is 16.2 Å². The molecule has 108 valence electrons. The largest absolute Gasteiger partial charge is 0.433 e. The zero-order valence-corrected chi connectivity index (χ0v) is 11.0. The first kappa shape index (κ1) is 15.7. The van der Waals surface area contributed by atoms with E-state index in [1.54, 1.807) is 0 Å². The van der Waals surface area contributed by atoms with Crippen molar-refractivity contribution in [3.05, 3.63) is 24.0 Å². The Morgan fingerprint density at radius 1 is 1.32 bits per heavy atom. The molecule has 0 aliphatic heterocycles. The van der Waals surface area contributed by atoms with Crippen LogP contribution >= 0.6 is 0 Å². The monoisotopic (exact) mass is 297 g/mol. The van der Waals surface area contributed by atoms with Crippen LogP contribution in [0, 0.1) is 0 Å². The molecule has 0 aliphatic rings. The summed E-state index contributed by atoms with van der Waals surface area (Å²) in [6.07, 6.45) is -3.70. The first-order chi connectivity index (χ1) is 8.74. The highest BCUT2D eigenvalue weighted by atomic mass is 32.2. The molecule has 9 heteroatoms. The second-order valence-electron chi connectivity index (χ2n) is 3.70. The lowest BCUT2D eigenvalue weighted by Crippen LogP contribution is -2.26. The standard InChI is InChI=1S/C10H14F3N3O2S/c1-2-14-5-6-19(17,18)16-8-3-4-9(15-7-8)10(11,12)13/h3-4,7,14,16H,2,5-6H2,1H3. The average molecular weight is 297 g/mol. The fraction of sp³-hybridized carbons (Fsp3) is 0.500. The normalized spacial score (nSPS) is 12.4. The fourth-order valence-corrected chi connectivity index (χ4v) is 2.23. The van der Waals surface area contributed by atoms with E-state index < -0.39 is 21.9 Å². The molecule has 5 nitrogen and oxygen atoms in total. The molecule has 1 aromatic rings. The first-order valence-electron chi connectivity index (χ1n) is 5.49. The van der Waals surface area contributed by atoms with E-state index in [2.05, 4.69) is 15.0 Å². The SMILES string of the molecule is CCNCCS(=O)(=O)Nc1ccc(C(F)(F)F)nc1. The van der Waals surface area contributed by atoms with Gasteiger partial charge in [-0.05, 0) is 18.7 Å². The van der Waals surface area contributed by atoms with Gasteiger partial charge in [0.15, 0.2) is 0 Å². The van der Waals surface area contributed by atoms with Crippen molar-refractivity contribution >= 4 is 15.7 Å². The summed E-state index contributed by atoms with van der Waals surface area (Å²) in [5, 5.41) is 2.84. The van der Waals surface area contributed by atoms with Gasteiger partial charge in [0.05, 0.1) is 17.6 Å². The number of hydrogen-bond donors (Lipinski definition) is 2. The summed E-state index contributed by atoms with van der Waals surface area (Å²) >= 11 is 0. The van der Waals surface area contributed by atoms with E-state index in [-0.39, 0.29) is 18.0 Å². The number of alkyl halides is 3. The highest BCUT2D eigenvalue weighted by Gasteiger charge is 2.32. The second-order valence-corrected chi connectivity index (χ2v) is 5.55. The van der Waals surface area contributed by atoms with Gasteiger partial charge in [-0.25, -0.2) is 13.4 Å². The number of sulfonamides is 1. The van der Waals surface area contributed by atoms with E-state index in [0.717, 1.165) is 18.3 Å². The average Bonchev–Trinajstić information content (AvgIpc) is 2.28.